The first-order valence-corrected chi connectivity index (χ1v) is 9.82. The lowest BCUT2D eigenvalue weighted by Crippen LogP contribution is -2.36. The van der Waals surface area contributed by atoms with Gasteiger partial charge in [-0.15, -0.1) is 0 Å². The van der Waals surface area contributed by atoms with Crippen LogP contribution in [0.4, 0.5) is 5.69 Å². The van der Waals surface area contributed by atoms with E-state index in [0.717, 1.165) is 19.6 Å². The molecule has 7 nitrogen and oxygen atoms in total. The van der Waals surface area contributed by atoms with Gasteiger partial charge in [0.05, 0.1) is 7.11 Å². The van der Waals surface area contributed by atoms with E-state index in [1.54, 1.807) is 25.3 Å². The van der Waals surface area contributed by atoms with Gasteiger partial charge in [-0.25, -0.2) is 0 Å². The summed E-state index contributed by atoms with van der Waals surface area (Å²) >= 11 is 0. The Labute approximate surface area is 168 Å². The highest BCUT2D eigenvalue weighted by Crippen LogP contribution is 2.30. The van der Waals surface area contributed by atoms with Gasteiger partial charge in [-0.3, -0.25) is 9.59 Å². The van der Waals surface area contributed by atoms with Crippen LogP contribution < -0.4 is 20.1 Å². The molecule has 0 fully saturated rings. The maximum absolute atomic E-state index is 12.1. The summed E-state index contributed by atoms with van der Waals surface area (Å²) in [5.41, 5.74) is 0.162. The number of anilines is 1. The van der Waals surface area contributed by atoms with E-state index in [0.29, 0.717) is 30.3 Å². The third-order valence-corrected chi connectivity index (χ3v) is 4.33. The maximum atomic E-state index is 12.1. The fraction of sp³-hybridized carbons (Fsp3) is 0.619. The van der Waals surface area contributed by atoms with Crippen molar-refractivity contribution >= 4 is 17.5 Å². The molecule has 0 atom stereocenters. The summed E-state index contributed by atoms with van der Waals surface area (Å²) in [6.07, 6.45) is 0.200. The van der Waals surface area contributed by atoms with Crippen molar-refractivity contribution in [1.29, 1.82) is 0 Å². The zero-order valence-electron chi connectivity index (χ0n) is 18.1. The Kier molecular flexibility index (Phi) is 9.79. The predicted octanol–water partition coefficient (Wildman–Crippen LogP) is 2.91. The number of carbonyl (C=O) groups is 2. The summed E-state index contributed by atoms with van der Waals surface area (Å²) in [5, 5.41) is 5.60. The fourth-order valence-corrected chi connectivity index (χ4v) is 2.47. The van der Waals surface area contributed by atoms with E-state index in [-0.39, 0.29) is 18.2 Å². The van der Waals surface area contributed by atoms with E-state index in [4.69, 9.17) is 9.47 Å². The van der Waals surface area contributed by atoms with E-state index in [1.165, 1.54) is 0 Å². The smallest absolute Gasteiger partial charge is 0.226 e. The molecule has 0 aliphatic carbocycles. The SMILES string of the molecule is CCN(CC)CCOc1cc(NC(=O)CCNC(=O)C(C)(C)C)ccc1OC. The Morgan fingerprint density at radius 3 is 2.36 bits per heavy atom. The number of ether oxygens (including phenoxy) is 2. The van der Waals surface area contributed by atoms with Crippen LogP contribution in [0.1, 0.15) is 41.0 Å². The van der Waals surface area contributed by atoms with Crippen LogP contribution in [0.5, 0.6) is 11.5 Å². The summed E-state index contributed by atoms with van der Waals surface area (Å²) in [6, 6.07) is 5.29. The molecule has 0 aliphatic heterocycles. The number of hydrogen-bond donors (Lipinski definition) is 2. The van der Waals surface area contributed by atoms with Crippen LogP contribution in [-0.2, 0) is 9.59 Å². The number of hydrogen-bond acceptors (Lipinski definition) is 5. The van der Waals surface area contributed by atoms with Gasteiger partial charge < -0.3 is 25.0 Å². The number of nitrogens with one attached hydrogen (secondary N) is 2. The molecule has 0 radical (unpaired) electrons. The van der Waals surface area contributed by atoms with E-state index in [9.17, 15) is 9.59 Å². The number of amides is 2. The molecule has 0 spiro atoms. The largest absolute Gasteiger partial charge is 0.493 e. The van der Waals surface area contributed by atoms with Crippen molar-refractivity contribution < 1.29 is 19.1 Å². The number of rotatable bonds is 11. The van der Waals surface area contributed by atoms with Crippen LogP contribution in [0, 0.1) is 5.41 Å². The molecule has 0 saturated carbocycles. The van der Waals surface area contributed by atoms with Crippen LogP contribution in [0.25, 0.3) is 0 Å². The Morgan fingerprint density at radius 2 is 1.79 bits per heavy atom. The first-order valence-electron chi connectivity index (χ1n) is 9.82. The third kappa shape index (κ3) is 8.17. The number of nitrogens with zero attached hydrogens (tertiary/aromatic N) is 1. The highest BCUT2D eigenvalue weighted by Gasteiger charge is 2.20. The summed E-state index contributed by atoms with van der Waals surface area (Å²) < 4.78 is 11.2. The standard InChI is InChI=1S/C21H35N3O4/c1-7-24(8-2)13-14-28-18-15-16(9-10-17(18)27-6)23-19(25)11-12-22-20(26)21(3,4)5/h9-10,15H,7-8,11-14H2,1-6H3,(H,22,26)(H,23,25). The summed E-state index contributed by atoms with van der Waals surface area (Å²) in [5.74, 6) is 0.964. The van der Waals surface area contributed by atoms with Gasteiger partial charge in [0.1, 0.15) is 6.61 Å². The van der Waals surface area contributed by atoms with Crippen molar-refractivity contribution in [2.75, 3.05) is 45.2 Å². The van der Waals surface area contributed by atoms with Gasteiger partial charge in [0.15, 0.2) is 11.5 Å². The molecule has 0 saturated heterocycles. The van der Waals surface area contributed by atoms with Crippen LogP contribution in [0.2, 0.25) is 0 Å². The first-order chi connectivity index (χ1) is 13.2. The second-order valence-corrected chi connectivity index (χ2v) is 7.55. The molecule has 28 heavy (non-hydrogen) atoms. The van der Waals surface area contributed by atoms with Crippen LogP contribution in [-0.4, -0.2) is 56.6 Å². The van der Waals surface area contributed by atoms with Gasteiger partial charge in [0.2, 0.25) is 11.8 Å². The summed E-state index contributed by atoms with van der Waals surface area (Å²) in [6.45, 7) is 13.3. The van der Waals surface area contributed by atoms with Crippen molar-refractivity contribution in [2.45, 2.75) is 41.0 Å². The van der Waals surface area contributed by atoms with Gasteiger partial charge in [-0.2, -0.15) is 0 Å². The Hall–Kier alpha value is -2.28. The molecule has 0 bridgehead atoms. The van der Waals surface area contributed by atoms with E-state index in [1.807, 2.05) is 20.8 Å². The third-order valence-electron chi connectivity index (χ3n) is 4.33. The zero-order chi connectivity index (χ0) is 21.2. The minimum absolute atomic E-state index is 0.0753. The second-order valence-electron chi connectivity index (χ2n) is 7.55. The van der Waals surface area contributed by atoms with Crippen LogP contribution in [0.15, 0.2) is 18.2 Å². The van der Waals surface area contributed by atoms with Gasteiger partial charge >= 0.3 is 0 Å². The highest BCUT2D eigenvalue weighted by atomic mass is 16.5. The summed E-state index contributed by atoms with van der Waals surface area (Å²) in [4.78, 5) is 26.3. The Bertz CT molecular complexity index is 637. The lowest BCUT2D eigenvalue weighted by Gasteiger charge is -2.19. The molecule has 0 unspecified atom stereocenters. The van der Waals surface area contributed by atoms with Gasteiger partial charge in [-0.1, -0.05) is 34.6 Å². The minimum Gasteiger partial charge on any atom is -0.493 e. The lowest BCUT2D eigenvalue weighted by molar-refractivity contribution is -0.128. The molecule has 1 rings (SSSR count). The molecule has 7 heteroatoms. The molecule has 2 amide bonds. The quantitative estimate of drug-likeness (QED) is 0.604. The molecule has 0 heterocycles. The van der Waals surface area contributed by atoms with Gasteiger partial charge in [0, 0.05) is 36.7 Å². The second kappa shape index (κ2) is 11.5. The van der Waals surface area contributed by atoms with Crippen molar-refractivity contribution in [3.63, 3.8) is 0 Å². The van der Waals surface area contributed by atoms with E-state index < -0.39 is 5.41 Å². The normalized spacial score (nSPS) is 11.2. The molecule has 1 aromatic carbocycles. The Balaban J connectivity index is 2.59. The van der Waals surface area contributed by atoms with Gasteiger partial charge in [0.25, 0.3) is 0 Å². The topological polar surface area (TPSA) is 79.9 Å². The average molecular weight is 394 g/mol. The Morgan fingerprint density at radius 1 is 1.11 bits per heavy atom. The van der Waals surface area contributed by atoms with Crippen molar-refractivity contribution in [3.05, 3.63) is 18.2 Å². The highest BCUT2D eigenvalue weighted by molar-refractivity contribution is 5.91. The number of likely N-dealkylation sites (N-methyl/N-ethyl adjacent to an activating group) is 1. The summed E-state index contributed by atoms with van der Waals surface area (Å²) in [7, 11) is 1.59. The first kappa shape index (κ1) is 23.8. The molecular weight excluding hydrogens is 358 g/mol. The molecule has 1 aromatic rings. The predicted molar refractivity (Wildman–Crippen MR) is 112 cm³/mol. The van der Waals surface area contributed by atoms with Crippen molar-refractivity contribution in [2.24, 2.45) is 5.41 Å². The van der Waals surface area contributed by atoms with Gasteiger partial charge in [-0.05, 0) is 25.2 Å². The monoisotopic (exact) mass is 393 g/mol. The van der Waals surface area contributed by atoms with Crippen molar-refractivity contribution in [3.8, 4) is 11.5 Å². The lowest BCUT2D eigenvalue weighted by atomic mass is 9.96. The maximum Gasteiger partial charge on any atom is 0.226 e. The fourth-order valence-electron chi connectivity index (χ4n) is 2.47. The van der Waals surface area contributed by atoms with Crippen LogP contribution in [0.3, 0.4) is 0 Å². The average Bonchev–Trinajstić information content (AvgIpc) is 2.64. The molecule has 0 aromatic heterocycles. The molecule has 2 N–H and O–H groups in total. The number of benzene rings is 1. The van der Waals surface area contributed by atoms with E-state index in [2.05, 4.69) is 29.4 Å². The van der Waals surface area contributed by atoms with Crippen molar-refractivity contribution in [1.82, 2.24) is 10.2 Å². The molecular formula is C21H35N3O4. The zero-order valence-corrected chi connectivity index (χ0v) is 18.1. The van der Waals surface area contributed by atoms with E-state index >= 15 is 0 Å². The van der Waals surface area contributed by atoms with Crippen LogP contribution >= 0.6 is 0 Å². The minimum atomic E-state index is -0.468. The number of methoxy groups -OCH3 is 1. The number of carbonyl (C=O) groups excluding carboxylic acids is 2. The molecule has 0 aliphatic rings. The molecule has 158 valence electrons.